The van der Waals surface area contributed by atoms with Crippen LogP contribution >= 0.6 is 0 Å². The Bertz CT molecular complexity index is 935. The molecule has 0 unspecified atom stereocenters. The van der Waals surface area contributed by atoms with Crippen LogP contribution in [0.4, 0.5) is 0 Å². The van der Waals surface area contributed by atoms with E-state index in [2.05, 4.69) is 68.2 Å². The van der Waals surface area contributed by atoms with Gasteiger partial charge in [-0.1, -0.05) is 30.3 Å². The summed E-state index contributed by atoms with van der Waals surface area (Å²) in [7, 11) is 0. The van der Waals surface area contributed by atoms with Gasteiger partial charge in [-0.05, 0) is 56.5 Å². The summed E-state index contributed by atoms with van der Waals surface area (Å²) in [5, 5.41) is 1.16. The quantitative estimate of drug-likeness (QED) is 0.638. The molecule has 0 amide bonds. The van der Waals surface area contributed by atoms with E-state index in [0.717, 1.165) is 23.0 Å². The van der Waals surface area contributed by atoms with Crippen molar-refractivity contribution in [2.24, 2.45) is 4.99 Å². The summed E-state index contributed by atoms with van der Waals surface area (Å²) >= 11 is 0. The van der Waals surface area contributed by atoms with Crippen LogP contribution in [-0.4, -0.2) is 16.2 Å². The standard InChI is InChI=1S/C21H20N2/c1-14-6-4-8-17-18(14)13-21(2,3)23-20(17)16-9-10-19-15(12-16)7-5-11-22-19/h4-12H,13H2,1-3H3. The summed E-state index contributed by atoms with van der Waals surface area (Å²) < 4.78 is 0. The Morgan fingerprint density at radius 3 is 2.74 bits per heavy atom. The van der Waals surface area contributed by atoms with E-state index in [-0.39, 0.29) is 5.54 Å². The lowest BCUT2D eigenvalue weighted by Gasteiger charge is -2.30. The van der Waals surface area contributed by atoms with Crippen molar-refractivity contribution in [2.45, 2.75) is 32.7 Å². The number of hydrogen-bond acceptors (Lipinski definition) is 2. The second-order valence-electron chi connectivity index (χ2n) is 6.96. The van der Waals surface area contributed by atoms with Crippen LogP contribution in [0.5, 0.6) is 0 Å². The molecular formula is C21H20N2. The van der Waals surface area contributed by atoms with E-state index in [1.165, 1.54) is 22.3 Å². The van der Waals surface area contributed by atoms with Crippen LogP contribution in [0.25, 0.3) is 10.9 Å². The zero-order valence-electron chi connectivity index (χ0n) is 13.8. The zero-order chi connectivity index (χ0) is 16.0. The number of aryl methyl sites for hydroxylation is 1. The number of aliphatic imine (C=N–C) groups is 1. The van der Waals surface area contributed by atoms with Gasteiger partial charge in [0, 0.05) is 22.7 Å². The molecule has 1 aliphatic rings. The molecule has 2 heterocycles. The molecule has 0 saturated heterocycles. The number of rotatable bonds is 1. The Labute approximate surface area is 136 Å². The second-order valence-corrected chi connectivity index (χ2v) is 6.96. The first-order chi connectivity index (χ1) is 11.0. The Morgan fingerprint density at radius 1 is 1.00 bits per heavy atom. The van der Waals surface area contributed by atoms with E-state index >= 15 is 0 Å². The van der Waals surface area contributed by atoms with E-state index in [0.29, 0.717) is 0 Å². The van der Waals surface area contributed by atoms with Gasteiger partial charge in [0.25, 0.3) is 0 Å². The van der Waals surface area contributed by atoms with Gasteiger partial charge in [0.15, 0.2) is 0 Å². The monoisotopic (exact) mass is 300 g/mol. The molecule has 3 aromatic rings. The maximum atomic E-state index is 5.07. The average molecular weight is 300 g/mol. The first-order valence-corrected chi connectivity index (χ1v) is 8.07. The maximum absolute atomic E-state index is 5.07. The van der Waals surface area contributed by atoms with Gasteiger partial charge >= 0.3 is 0 Å². The minimum atomic E-state index is -0.0711. The van der Waals surface area contributed by atoms with Gasteiger partial charge in [0.2, 0.25) is 0 Å². The first kappa shape index (κ1) is 14.1. The van der Waals surface area contributed by atoms with E-state index in [1.807, 2.05) is 12.3 Å². The molecular weight excluding hydrogens is 280 g/mol. The molecule has 0 saturated carbocycles. The Morgan fingerprint density at radius 2 is 1.87 bits per heavy atom. The molecule has 0 fully saturated rings. The lowest BCUT2D eigenvalue weighted by molar-refractivity contribution is 0.512. The largest absolute Gasteiger partial charge is 0.278 e. The Kier molecular flexibility index (Phi) is 3.08. The van der Waals surface area contributed by atoms with Gasteiger partial charge in [-0.25, -0.2) is 0 Å². The second kappa shape index (κ2) is 5.02. The highest BCUT2D eigenvalue weighted by atomic mass is 14.9. The fourth-order valence-electron chi connectivity index (χ4n) is 3.44. The lowest BCUT2D eigenvalue weighted by Crippen LogP contribution is -2.30. The van der Waals surface area contributed by atoms with E-state index < -0.39 is 0 Å². The third kappa shape index (κ3) is 2.44. The summed E-state index contributed by atoms with van der Waals surface area (Å²) in [6.07, 6.45) is 2.83. The third-order valence-electron chi connectivity index (χ3n) is 4.57. The predicted molar refractivity (Wildman–Crippen MR) is 96.3 cm³/mol. The molecule has 1 aliphatic heterocycles. The van der Waals surface area contributed by atoms with Crippen molar-refractivity contribution in [1.82, 2.24) is 4.98 Å². The van der Waals surface area contributed by atoms with Crippen LogP contribution in [0.1, 0.15) is 36.1 Å². The molecule has 0 spiro atoms. The van der Waals surface area contributed by atoms with Crippen molar-refractivity contribution in [3.63, 3.8) is 0 Å². The molecule has 4 rings (SSSR count). The van der Waals surface area contributed by atoms with Crippen LogP contribution in [0, 0.1) is 6.92 Å². The van der Waals surface area contributed by atoms with Gasteiger partial charge in [-0.2, -0.15) is 0 Å². The molecule has 0 atom stereocenters. The smallest absolute Gasteiger partial charge is 0.0728 e. The summed E-state index contributed by atoms with van der Waals surface area (Å²) in [6, 6.07) is 17.0. The molecule has 0 N–H and O–H groups in total. The molecule has 2 nitrogen and oxygen atoms in total. The van der Waals surface area contributed by atoms with Crippen molar-refractivity contribution in [2.75, 3.05) is 0 Å². The normalized spacial score (nSPS) is 16.0. The Hall–Kier alpha value is -2.48. The molecule has 2 heteroatoms. The summed E-state index contributed by atoms with van der Waals surface area (Å²) in [5.74, 6) is 0. The molecule has 23 heavy (non-hydrogen) atoms. The van der Waals surface area contributed by atoms with Crippen molar-refractivity contribution in [3.8, 4) is 0 Å². The van der Waals surface area contributed by atoms with E-state index in [4.69, 9.17) is 4.99 Å². The highest BCUT2D eigenvalue weighted by molar-refractivity contribution is 6.15. The highest BCUT2D eigenvalue weighted by Gasteiger charge is 2.28. The molecule has 0 bridgehead atoms. The van der Waals surface area contributed by atoms with Gasteiger partial charge in [0.05, 0.1) is 16.8 Å². The van der Waals surface area contributed by atoms with Crippen molar-refractivity contribution in [1.29, 1.82) is 0 Å². The molecule has 114 valence electrons. The minimum absolute atomic E-state index is 0.0711. The summed E-state index contributed by atoms with van der Waals surface area (Å²) in [6.45, 7) is 6.62. The number of nitrogens with zero attached hydrogens (tertiary/aromatic N) is 2. The number of fused-ring (bicyclic) bond motifs is 2. The fraction of sp³-hybridized carbons (Fsp3) is 0.238. The zero-order valence-corrected chi connectivity index (χ0v) is 13.8. The van der Waals surface area contributed by atoms with Crippen LogP contribution < -0.4 is 0 Å². The van der Waals surface area contributed by atoms with Gasteiger partial charge < -0.3 is 0 Å². The molecule has 1 aromatic heterocycles. The summed E-state index contributed by atoms with van der Waals surface area (Å²) in [5.41, 5.74) is 7.28. The molecule has 2 aromatic carbocycles. The fourth-order valence-corrected chi connectivity index (χ4v) is 3.44. The lowest BCUT2D eigenvalue weighted by atomic mass is 9.83. The van der Waals surface area contributed by atoms with Crippen LogP contribution in [-0.2, 0) is 6.42 Å². The van der Waals surface area contributed by atoms with E-state index in [1.54, 1.807) is 0 Å². The van der Waals surface area contributed by atoms with Gasteiger partial charge in [-0.15, -0.1) is 0 Å². The average Bonchev–Trinajstić information content (AvgIpc) is 2.54. The van der Waals surface area contributed by atoms with Crippen molar-refractivity contribution < 1.29 is 0 Å². The summed E-state index contributed by atoms with van der Waals surface area (Å²) in [4.78, 5) is 9.48. The number of pyridine rings is 1. The third-order valence-corrected chi connectivity index (χ3v) is 4.57. The van der Waals surface area contributed by atoms with Gasteiger partial charge in [0.1, 0.15) is 0 Å². The maximum Gasteiger partial charge on any atom is 0.0728 e. The van der Waals surface area contributed by atoms with Gasteiger partial charge in [-0.3, -0.25) is 9.98 Å². The SMILES string of the molecule is Cc1cccc2c1CC(C)(C)N=C2c1ccc2ncccc2c1. The number of aromatic nitrogens is 1. The minimum Gasteiger partial charge on any atom is -0.278 e. The highest BCUT2D eigenvalue weighted by Crippen LogP contribution is 2.31. The molecule has 0 aliphatic carbocycles. The number of hydrogen-bond donors (Lipinski definition) is 0. The van der Waals surface area contributed by atoms with Crippen LogP contribution in [0.2, 0.25) is 0 Å². The molecule has 0 radical (unpaired) electrons. The first-order valence-electron chi connectivity index (χ1n) is 8.07. The number of benzene rings is 2. The van der Waals surface area contributed by atoms with Crippen molar-refractivity contribution >= 4 is 16.6 Å². The predicted octanol–water partition coefficient (Wildman–Crippen LogP) is 4.72. The van der Waals surface area contributed by atoms with E-state index in [9.17, 15) is 0 Å². The van der Waals surface area contributed by atoms with Crippen LogP contribution in [0.15, 0.2) is 59.7 Å². The topological polar surface area (TPSA) is 25.2 Å². The Balaban J connectivity index is 1.95. The van der Waals surface area contributed by atoms with Crippen molar-refractivity contribution in [3.05, 3.63) is 77.0 Å². The van der Waals surface area contributed by atoms with Crippen LogP contribution in [0.3, 0.4) is 0 Å².